The molecule has 0 aromatic rings. The van der Waals surface area contributed by atoms with Crippen molar-refractivity contribution in [3.8, 4) is 6.07 Å². The molecule has 3 unspecified atom stereocenters. The Balaban J connectivity index is 1.55. The first-order valence-corrected chi connectivity index (χ1v) is 8.68. The van der Waals surface area contributed by atoms with Gasteiger partial charge in [-0.1, -0.05) is 0 Å². The molecule has 0 aromatic heterocycles. The number of nitrogens with zero attached hydrogens (tertiary/aromatic N) is 2. The molecule has 2 saturated carbocycles. The van der Waals surface area contributed by atoms with Crippen molar-refractivity contribution in [2.24, 2.45) is 5.92 Å². The van der Waals surface area contributed by atoms with E-state index in [4.69, 9.17) is 4.74 Å². The summed E-state index contributed by atoms with van der Waals surface area (Å²) < 4.78 is 5.60. The standard InChI is InChI=1S/C17H29N3O/c1-20(11-14-4-3-9-21-12-14)16-5-2-8-17(10-16,13-18)19-15-6-7-15/h14-16,19H,2-12H2,1H3. The summed E-state index contributed by atoms with van der Waals surface area (Å²) in [7, 11) is 2.24. The van der Waals surface area contributed by atoms with Crippen LogP contribution in [0.5, 0.6) is 0 Å². The highest BCUT2D eigenvalue weighted by molar-refractivity contribution is 5.13. The molecule has 3 rings (SSSR count). The molecule has 4 heteroatoms. The minimum absolute atomic E-state index is 0.262. The van der Waals surface area contributed by atoms with E-state index in [9.17, 15) is 5.26 Å². The van der Waals surface area contributed by atoms with Crippen LogP contribution in [-0.2, 0) is 4.74 Å². The van der Waals surface area contributed by atoms with Gasteiger partial charge in [0.1, 0.15) is 5.54 Å². The number of rotatable bonds is 5. The van der Waals surface area contributed by atoms with Gasteiger partial charge in [-0.25, -0.2) is 0 Å². The average molecular weight is 291 g/mol. The van der Waals surface area contributed by atoms with Gasteiger partial charge in [0, 0.05) is 25.2 Å². The Morgan fingerprint density at radius 3 is 2.81 bits per heavy atom. The molecule has 4 nitrogen and oxygen atoms in total. The monoisotopic (exact) mass is 291 g/mol. The van der Waals surface area contributed by atoms with Crippen LogP contribution in [0.3, 0.4) is 0 Å². The third-order valence-electron chi connectivity index (χ3n) is 5.42. The molecule has 0 aromatic carbocycles. The molecule has 1 N–H and O–H groups in total. The first-order chi connectivity index (χ1) is 10.2. The van der Waals surface area contributed by atoms with Crippen LogP contribution >= 0.6 is 0 Å². The van der Waals surface area contributed by atoms with Gasteiger partial charge >= 0.3 is 0 Å². The fraction of sp³-hybridized carbons (Fsp3) is 0.941. The second kappa shape index (κ2) is 6.64. The van der Waals surface area contributed by atoms with Gasteiger partial charge in [-0.3, -0.25) is 5.32 Å². The summed E-state index contributed by atoms with van der Waals surface area (Å²) in [6.45, 7) is 2.98. The van der Waals surface area contributed by atoms with Gasteiger partial charge in [-0.2, -0.15) is 5.26 Å². The summed E-state index contributed by atoms with van der Waals surface area (Å²) in [5, 5.41) is 13.3. The Labute approximate surface area is 128 Å². The van der Waals surface area contributed by atoms with E-state index in [0.717, 1.165) is 32.6 Å². The summed E-state index contributed by atoms with van der Waals surface area (Å²) in [5.74, 6) is 0.679. The van der Waals surface area contributed by atoms with Gasteiger partial charge in [0.2, 0.25) is 0 Å². The number of hydrogen-bond acceptors (Lipinski definition) is 4. The van der Waals surface area contributed by atoms with Crippen LogP contribution in [-0.4, -0.2) is 49.3 Å². The molecule has 3 aliphatic rings. The highest BCUT2D eigenvalue weighted by Gasteiger charge is 2.41. The molecular weight excluding hydrogens is 262 g/mol. The highest BCUT2D eigenvalue weighted by atomic mass is 16.5. The van der Waals surface area contributed by atoms with Crippen molar-refractivity contribution in [2.45, 2.75) is 69.0 Å². The Kier molecular flexibility index (Phi) is 4.83. The van der Waals surface area contributed by atoms with Gasteiger partial charge in [0.25, 0.3) is 0 Å². The lowest BCUT2D eigenvalue weighted by Gasteiger charge is -2.41. The van der Waals surface area contributed by atoms with Crippen LogP contribution in [0, 0.1) is 17.2 Å². The zero-order valence-electron chi connectivity index (χ0n) is 13.3. The maximum absolute atomic E-state index is 9.69. The molecule has 3 fully saturated rings. The number of hydrogen-bond donors (Lipinski definition) is 1. The topological polar surface area (TPSA) is 48.3 Å². The first-order valence-electron chi connectivity index (χ1n) is 8.68. The van der Waals surface area contributed by atoms with Crippen molar-refractivity contribution in [3.63, 3.8) is 0 Å². The van der Waals surface area contributed by atoms with E-state index < -0.39 is 0 Å². The molecule has 0 amide bonds. The van der Waals surface area contributed by atoms with Crippen molar-refractivity contribution in [3.05, 3.63) is 0 Å². The summed E-state index contributed by atoms with van der Waals surface area (Å²) in [6.07, 6.45) is 9.42. The first kappa shape index (κ1) is 15.3. The van der Waals surface area contributed by atoms with E-state index in [1.54, 1.807) is 0 Å². The van der Waals surface area contributed by atoms with Crippen molar-refractivity contribution >= 4 is 0 Å². The third kappa shape index (κ3) is 3.97. The predicted molar refractivity (Wildman–Crippen MR) is 82.9 cm³/mol. The molecule has 1 heterocycles. The summed E-state index contributed by atoms with van der Waals surface area (Å²) in [4.78, 5) is 2.50. The van der Waals surface area contributed by atoms with Gasteiger partial charge in [-0.15, -0.1) is 0 Å². The smallest absolute Gasteiger partial charge is 0.108 e. The predicted octanol–water partition coefficient (Wildman–Crippen LogP) is 2.30. The molecule has 0 radical (unpaired) electrons. The van der Waals surface area contributed by atoms with E-state index in [-0.39, 0.29) is 5.54 Å². The summed E-state index contributed by atoms with van der Waals surface area (Å²) in [6, 6.07) is 3.77. The lowest BCUT2D eigenvalue weighted by molar-refractivity contribution is 0.0298. The third-order valence-corrected chi connectivity index (χ3v) is 5.42. The molecule has 2 aliphatic carbocycles. The quantitative estimate of drug-likeness (QED) is 0.844. The van der Waals surface area contributed by atoms with E-state index in [2.05, 4.69) is 23.3 Å². The van der Waals surface area contributed by atoms with Gasteiger partial charge < -0.3 is 9.64 Å². The molecule has 0 spiro atoms. The van der Waals surface area contributed by atoms with E-state index in [1.165, 1.54) is 38.5 Å². The second-order valence-electron chi connectivity index (χ2n) is 7.39. The van der Waals surface area contributed by atoms with Crippen LogP contribution in [0.4, 0.5) is 0 Å². The van der Waals surface area contributed by atoms with E-state index >= 15 is 0 Å². The largest absolute Gasteiger partial charge is 0.381 e. The zero-order valence-corrected chi connectivity index (χ0v) is 13.3. The Morgan fingerprint density at radius 1 is 1.29 bits per heavy atom. The minimum Gasteiger partial charge on any atom is -0.381 e. The maximum Gasteiger partial charge on any atom is 0.108 e. The van der Waals surface area contributed by atoms with Crippen molar-refractivity contribution in [1.29, 1.82) is 5.26 Å². The van der Waals surface area contributed by atoms with Gasteiger partial charge in [-0.05, 0) is 64.3 Å². The molecule has 0 bridgehead atoms. The zero-order chi connectivity index (χ0) is 14.7. The summed E-state index contributed by atoms with van der Waals surface area (Å²) >= 11 is 0. The Hall–Kier alpha value is -0.630. The number of ether oxygens (including phenoxy) is 1. The number of nitrogens with one attached hydrogen (secondary N) is 1. The molecule has 118 valence electrons. The van der Waals surface area contributed by atoms with Gasteiger partial charge in [0.05, 0.1) is 12.7 Å². The lowest BCUT2D eigenvalue weighted by atomic mass is 9.79. The summed E-state index contributed by atoms with van der Waals surface area (Å²) in [5.41, 5.74) is -0.262. The van der Waals surface area contributed by atoms with Crippen LogP contribution in [0.1, 0.15) is 51.4 Å². The average Bonchev–Trinajstić information content (AvgIpc) is 3.32. The van der Waals surface area contributed by atoms with E-state index in [0.29, 0.717) is 18.0 Å². The Morgan fingerprint density at radius 2 is 2.14 bits per heavy atom. The van der Waals surface area contributed by atoms with Crippen molar-refractivity contribution in [1.82, 2.24) is 10.2 Å². The fourth-order valence-electron chi connectivity index (χ4n) is 4.01. The molecule has 1 saturated heterocycles. The number of nitriles is 1. The maximum atomic E-state index is 9.69. The van der Waals surface area contributed by atoms with Crippen LogP contribution < -0.4 is 5.32 Å². The van der Waals surface area contributed by atoms with Crippen molar-refractivity contribution in [2.75, 3.05) is 26.8 Å². The molecule has 3 atom stereocenters. The van der Waals surface area contributed by atoms with Crippen molar-refractivity contribution < 1.29 is 4.74 Å². The second-order valence-corrected chi connectivity index (χ2v) is 7.39. The highest BCUT2D eigenvalue weighted by Crippen LogP contribution is 2.34. The van der Waals surface area contributed by atoms with E-state index in [1.807, 2.05) is 0 Å². The van der Waals surface area contributed by atoms with Crippen LogP contribution in [0.2, 0.25) is 0 Å². The van der Waals surface area contributed by atoms with Gasteiger partial charge in [0.15, 0.2) is 0 Å². The fourth-order valence-corrected chi connectivity index (χ4v) is 4.01. The van der Waals surface area contributed by atoms with Crippen LogP contribution in [0.25, 0.3) is 0 Å². The molecule has 21 heavy (non-hydrogen) atoms. The van der Waals surface area contributed by atoms with Crippen LogP contribution in [0.15, 0.2) is 0 Å². The normalized spacial score (nSPS) is 37.4. The molecular formula is C17H29N3O. The SMILES string of the molecule is CN(CC1CCCOC1)C1CCCC(C#N)(NC2CC2)C1. The molecule has 1 aliphatic heterocycles. The minimum atomic E-state index is -0.262. The Bertz CT molecular complexity index is 384. The lowest BCUT2D eigenvalue weighted by Crippen LogP contribution is -2.53.